The number of hydrogen-bond donors (Lipinski definition) is 0. The maximum Gasteiger partial charge on any atom is 0.370 e. The van der Waals surface area contributed by atoms with Gasteiger partial charge in [0.15, 0.2) is 6.61 Å². The highest BCUT2D eigenvalue weighted by Crippen LogP contribution is 2.31. The first-order valence-corrected chi connectivity index (χ1v) is 8.84. The number of rotatable bonds is 4. The Labute approximate surface area is 164 Å². The van der Waals surface area contributed by atoms with Crippen molar-refractivity contribution in [2.45, 2.75) is 0 Å². The molecule has 0 saturated carbocycles. The number of carbonyl (C=O) groups excluding carboxylic acids is 3. The second kappa shape index (κ2) is 6.49. The summed E-state index contributed by atoms with van der Waals surface area (Å²) in [6.45, 7) is -0.464. The molecule has 29 heavy (non-hydrogen) atoms. The minimum absolute atomic E-state index is 0.198. The Kier molecular flexibility index (Phi) is 3.80. The van der Waals surface area contributed by atoms with Crippen molar-refractivity contribution >= 4 is 39.7 Å². The van der Waals surface area contributed by atoms with E-state index < -0.39 is 24.4 Å². The van der Waals surface area contributed by atoms with Gasteiger partial charge in [0.05, 0.1) is 11.1 Å². The molecule has 0 atom stereocenters. The molecule has 1 aliphatic rings. The average molecular weight is 387 g/mol. The van der Waals surface area contributed by atoms with Crippen molar-refractivity contribution in [3.63, 3.8) is 0 Å². The third kappa shape index (κ3) is 2.80. The number of imide groups is 1. The zero-order chi connectivity index (χ0) is 20.0. The van der Waals surface area contributed by atoms with Crippen LogP contribution in [0.5, 0.6) is 5.75 Å². The van der Waals surface area contributed by atoms with E-state index in [1.54, 1.807) is 30.3 Å². The monoisotopic (exact) mass is 387 g/mol. The van der Waals surface area contributed by atoms with Crippen molar-refractivity contribution < 1.29 is 28.4 Å². The lowest BCUT2D eigenvalue weighted by Crippen LogP contribution is -2.34. The summed E-state index contributed by atoms with van der Waals surface area (Å²) in [4.78, 5) is 41.5. The number of nitrogens with zero attached hydrogens (tertiary/aromatic N) is 1. The Morgan fingerprint density at radius 2 is 1.48 bits per heavy atom. The third-order valence-corrected chi connectivity index (χ3v) is 4.65. The molecule has 1 aliphatic heterocycles. The van der Waals surface area contributed by atoms with Gasteiger partial charge in [0.1, 0.15) is 16.9 Å². The predicted octanol–water partition coefficient (Wildman–Crippen LogP) is 3.72. The van der Waals surface area contributed by atoms with Gasteiger partial charge >= 0.3 is 5.97 Å². The van der Waals surface area contributed by atoms with E-state index >= 15 is 0 Å². The topological polar surface area (TPSA) is 86.1 Å². The number of ether oxygens (including phenoxy) is 1. The maximum absolute atomic E-state index is 12.2. The normalized spacial score (nSPS) is 13.2. The number of carbonyl (C=O) groups is 3. The van der Waals surface area contributed by atoms with Crippen molar-refractivity contribution in [2.75, 3.05) is 6.61 Å². The van der Waals surface area contributed by atoms with E-state index in [0.29, 0.717) is 16.4 Å². The lowest BCUT2D eigenvalue weighted by atomic mass is 10.1. The van der Waals surface area contributed by atoms with Crippen molar-refractivity contribution in [1.82, 2.24) is 5.06 Å². The Morgan fingerprint density at radius 3 is 2.24 bits per heavy atom. The van der Waals surface area contributed by atoms with Gasteiger partial charge in [-0.25, -0.2) is 4.79 Å². The van der Waals surface area contributed by atoms with Gasteiger partial charge in [-0.3, -0.25) is 9.59 Å². The van der Waals surface area contributed by atoms with Crippen molar-refractivity contribution in [3.05, 3.63) is 77.9 Å². The Balaban J connectivity index is 1.29. The number of hydrogen-bond acceptors (Lipinski definition) is 6. The third-order valence-electron chi connectivity index (χ3n) is 4.65. The van der Waals surface area contributed by atoms with Gasteiger partial charge in [0.25, 0.3) is 11.8 Å². The molecule has 4 aromatic rings. The van der Waals surface area contributed by atoms with E-state index in [2.05, 4.69) is 0 Å². The van der Waals surface area contributed by atoms with Crippen LogP contribution in [0.25, 0.3) is 21.9 Å². The number of fused-ring (bicyclic) bond motifs is 4. The lowest BCUT2D eigenvalue weighted by Gasteiger charge is -2.13. The van der Waals surface area contributed by atoms with Crippen molar-refractivity contribution in [2.24, 2.45) is 0 Å². The summed E-state index contributed by atoms with van der Waals surface area (Å²) >= 11 is 0. The molecule has 0 N–H and O–H groups in total. The van der Waals surface area contributed by atoms with E-state index in [1.807, 2.05) is 24.3 Å². The van der Waals surface area contributed by atoms with E-state index in [1.165, 1.54) is 12.1 Å². The molecule has 0 radical (unpaired) electrons. The fourth-order valence-electron chi connectivity index (χ4n) is 3.32. The molecule has 3 aromatic carbocycles. The number of furan rings is 1. The molecule has 0 saturated heterocycles. The van der Waals surface area contributed by atoms with Gasteiger partial charge < -0.3 is 14.0 Å². The summed E-state index contributed by atoms with van der Waals surface area (Å²) in [5.41, 5.74) is 1.85. The van der Waals surface area contributed by atoms with E-state index in [4.69, 9.17) is 14.0 Å². The molecule has 1 aromatic heterocycles. The number of para-hydroxylation sites is 1. The molecule has 2 heterocycles. The molecule has 2 amide bonds. The van der Waals surface area contributed by atoms with Gasteiger partial charge in [-0.15, -0.1) is 0 Å². The first-order chi connectivity index (χ1) is 14.1. The summed E-state index contributed by atoms with van der Waals surface area (Å²) in [6, 6.07) is 19.0. The molecule has 0 bridgehead atoms. The minimum atomic E-state index is -0.864. The van der Waals surface area contributed by atoms with Crippen LogP contribution in [0.3, 0.4) is 0 Å². The zero-order valence-corrected chi connectivity index (χ0v) is 15.0. The molecular formula is C22H13NO6. The van der Waals surface area contributed by atoms with Gasteiger partial charge in [0, 0.05) is 10.8 Å². The van der Waals surface area contributed by atoms with Crippen LogP contribution >= 0.6 is 0 Å². The van der Waals surface area contributed by atoms with Crippen LogP contribution in [-0.2, 0) is 9.63 Å². The first kappa shape index (κ1) is 17.0. The zero-order valence-electron chi connectivity index (χ0n) is 15.0. The largest absolute Gasteiger partial charge is 0.482 e. The van der Waals surface area contributed by atoms with Crippen LogP contribution in [-0.4, -0.2) is 29.5 Å². The number of hydroxylamine groups is 2. The summed E-state index contributed by atoms with van der Waals surface area (Å²) < 4.78 is 11.2. The quantitative estimate of drug-likeness (QED) is 0.496. The molecular weight excluding hydrogens is 374 g/mol. The minimum Gasteiger partial charge on any atom is -0.482 e. The lowest BCUT2D eigenvalue weighted by molar-refractivity contribution is -0.170. The fourth-order valence-corrected chi connectivity index (χ4v) is 3.32. The second-order valence-corrected chi connectivity index (χ2v) is 6.46. The SMILES string of the molecule is O=C(COc1ccc2oc3ccccc3c2c1)ON1C(=O)c2ccccc2C1=O. The highest BCUT2D eigenvalue weighted by atomic mass is 16.7. The molecule has 0 fully saturated rings. The summed E-state index contributed by atoms with van der Waals surface area (Å²) in [6.07, 6.45) is 0. The molecule has 142 valence electrons. The average Bonchev–Trinajstić information content (AvgIpc) is 3.23. The highest BCUT2D eigenvalue weighted by molar-refractivity contribution is 6.20. The van der Waals surface area contributed by atoms with Gasteiger partial charge in [-0.05, 0) is 36.4 Å². The Hall–Kier alpha value is -4.13. The second-order valence-electron chi connectivity index (χ2n) is 6.46. The van der Waals surface area contributed by atoms with Gasteiger partial charge in [-0.1, -0.05) is 35.4 Å². The standard InChI is InChI=1S/C22H13NO6/c24-20(29-23-21(25)15-6-1-2-7-16(15)22(23)26)12-27-13-9-10-19-17(11-13)14-5-3-4-8-18(14)28-19/h1-11H,12H2. The van der Waals surface area contributed by atoms with Crippen molar-refractivity contribution in [1.29, 1.82) is 0 Å². The molecule has 7 heteroatoms. The van der Waals surface area contributed by atoms with Gasteiger partial charge in [0.2, 0.25) is 0 Å². The maximum atomic E-state index is 12.2. The van der Waals surface area contributed by atoms with Crippen LogP contribution in [0.1, 0.15) is 20.7 Å². The predicted molar refractivity (Wildman–Crippen MR) is 102 cm³/mol. The van der Waals surface area contributed by atoms with Crippen molar-refractivity contribution in [3.8, 4) is 5.75 Å². The number of amides is 2. The molecule has 0 unspecified atom stereocenters. The highest BCUT2D eigenvalue weighted by Gasteiger charge is 2.38. The van der Waals surface area contributed by atoms with E-state index in [-0.39, 0.29) is 11.1 Å². The molecule has 7 nitrogen and oxygen atoms in total. The van der Waals surface area contributed by atoms with Crippen LogP contribution in [0, 0.1) is 0 Å². The van der Waals surface area contributed by atoms with Gasteiger partial charge in [-0.2, -0.15) is 0 Å². The molecule has 5 rings (SSSR count). The number of benzene rings is 3. The first-order valence-electron chi connectivity index (χ1n) is 8.84. The van der Waals surface area contributed by atoms with Crippen LogP contribution in [0.2, 0.25) is 0 Å². The van der Waals surface area contributed by atoms with Crippen LogP contribution in [0.15, 0.2) is 71.1 Å². The Morgan fingerprint density at radius 1 is 0.828 bits per heavy atom. The van der Waals surface area contributed by atoms with Crippen LogP contribution in [0.4, 0.5) is 0 Å². The summed E-state index contributed by atoms with van der Waals surface area (Å²) in [5, 5.41) is 2.25. The smallest absolute Gasteiger partial charge is 0.370 e. The van der Waals surface area contributed by atoms with E-state index in [9.17, 15) is 14.4 Å². The summed E-state index contributed by atoms with van der Waals surface area (Å²) in [5.74, 6) is -1.78. The van der Waals surface area contributed by atoms with E-state index in [0.717, 1.165) is 16.4 Å². The Bertz CT molecular complexity index is 1270. The molecule has 0 aliphatic carbocycles. The van der Waals surface area contributed by atoms with Crippen LogP contribution < -0.4 is 4.74 Å². The summed E-state index contributed by atoms with van der Waals surface area (Å²) in [7, 11) is 0. The molecule has 0 spiro atoms. The fraction of sp³-hybridized carbons (Fsp3) is 0.0455.